The van der Waals surface area contributed by atoms with Gasteiger partial charge in [-0.2, -0.15) is 4.31 Å². The molecule has 1 saturated heterocycles. The number of hydrogen-bond donors (Lipinski definition) is 1. The maximum Gasteiger partial charge on any atom is 0.307 e. The smallest absolute Gasteiger partial charge is 0.307 e. The summed E-state index contributed by atoms with van der Waals surface area (Å²) >= 11 is 1.14. The van der Waals surface area contributed by atoms with E-state index in [0.29, 0.717) is 31.6 Å². The first kappa shape index (κ1) is 20.8. The molecule has 7 nitrogen and oxygen atoms in total. The number of benzene rings is 2. The van der Waals surface area contributed by atoms with Crippen molar-refractivity contribution in [1.82, 2.24) is 8.87 Å². The van der Waals surface area contributed by atoms with E-state index in [4.69, 9.17) is 0 Å². The molecule has 0 aliphatic carbocycles. The van der Waals surface area contributed by atoms with Gasteiger partial charge in [0.25, 0.3) is 0 Å². The number of nitrogens with zero attached hydrogens (tertiary/aromatic N) is 2. The molecule has 2 heterocycles. The van der Waals surface area contributed by atoms with Crippen LogP contribution in [0.25, 0.3) is 10.2 Å². The molecule has 1 amide bonds. The average Bonchev–Trinajstić information content (AvgIpc) is 3.01. The molecule has 0 radical (unpaired) electrons. The molecule has 0 spiro atoms. The lowest BCUT2D eigenvalue weighted by atomic mass is 9.97. The Morgan fingerprint density at radius 3 is 2.43 bits per heavy atom. The summed E-state index contributed by atoms with van der Waals surface area (Å²) in [6.07, 6.45) is 0.940. The first-order valence-corrected chi connectivity index (χ1v) is 12.0. The van der Waals surface area contributed by atoms with E-state index in [0.717, 1.165) is 27.1 Å². The highest BCUT2D eigenvalue weighted by Crippen LogP contribution is 2.26. The second-order valence-electron chi connectivity index (χ2n) is 7.59. The Morgan fingerprint density at radius 2 is 1.77 bits per heavy atom. The van der Waals surface area contributed by atoms with Crippen LogP contribution >= 0.6 is 11.3 Å². The van der Waals surface area contributed by atoms with Crippen molar-refractivity contribution in [3.05, 3.63) is 57.7 Å². The summed E-state index contributed by atoms with van der Waals surface area (Å²) in [5.41, 5.74) is 2.48. The number of aromatic nitrogens is 1. The zero-order chi connectivity index (χ0) is 21.5. The van der Waals surface area contributed by atoms with Crippen LogP contribution in [-0.2, 0) is 21.9 Å². The molecule has 3 aromatic rings. The lowest BCUT2D eigenvalue weighted by Crippen LogP contribution is -2.41. The molecule has 1 aromatic heterocycles. The average molecular weight is 446 g/mol. The van der Waals surface area contributed by atoms with Crippen molar-refractivity contribution >= 4 is 43.2 Å². The molecule has 30 heavy (non-hydrogen) atoms. The molecule has 4 rings (SSSR count). The Hall–Kier alpha value is -2.49. The van der Waals surface area contributed by atoms with Gasteiger partial charge in [0.1, 0.15) is 0 Å². The number of sulfonamides is 1. The van der Waals surface area contributed by atoms with Crippen molar-refractivity contribution in [2.24, 2.45) is 13.0 Å². The summed E-state index contributed by atoms with van der Waals surface area (Å²) in [5.74, 6) is -0.371. The topological polar surface area (TPSA) is 88.5 Å². The largest absolute Gasteiger partial charge is 0.326 e. The highest BCUT2D eigenvalue weighted by molar-refractivity contribution is 7.89. The van der Waals surface area contributed by atoms with E-state index in [1.165, 1.54) is 4.31 Å². The number of fused-ring (bicyclic) bond motifs is 1. The number of hydrogen-bond acceptors (Lipinski definition) is 5. The lowest BCUT2D eigenvalue weighted by molar-refractivity contribution is -0.120. The second kappa shape index (κ2) is 7.98. The summed E-state index contributed by atoms with van der Waals surface area (Å²) in [6.45, 7) is 2.54. The highest BCUT2D eigenvalue weighted by atomic mass is 32.2. The molecule has 0 saturated carbocycles. The van der Waals surface area contributed by atoms with Crippen LogP contribution in [0.1, 0.15) is 18.4 Å². The molecule has 2 aromatic carbocycles. The van der Waals surface area contributed by atoms with Gasteiger partial charge in [-0.1, -0.05) is 29.0 Å². The van der Waals surface area contributed by atoms with Crippen molar-refractivity contribution in [3.8, 4) is 0 Å². The van der Waals surface area contributed by atoms with Gasteiger partial charge in [-0.15, -0.1) is 0 Å². The Morgan fingerprint density at radius 1 is 1.10 bits per heavy atom. The van der Waals surface area contributed by atoms with Gasteiger partial charge in [0.2, 0.25) is 15.9 Å². The van der Waals surface area contributed by atoms with E-state index in [9.17, 15) is 18.0 Å². The van der Waals surface area contributed by atoms with Gasteiger partial charge in [-0.3, -0.25) is 9.59 Å². The molecule has 9 heteroatoms. The van der Waals surface area contributed by atoms with E-state index in [1.807, 2.05) is 13.0 Å². The van der Waals surface area contributed by atoms with E-state index < -0.39 is 10.0 Å². The van der Waals surface area contributed by atoms with Gasteiger partial charge in [-0.05, 0) is 50.1 Å². The molecular weight excluding hydrogens is 422 g/mol. The number of thiazole rings is 1. The Bertz CT molecular complexity index is 1250. The van der Waals surface area contributed by atoms with Crippen LogP contribution in [0.15, 0.2) is 52.2 Å². The number of nitrogens with one attached hydrogen (secondary N) is 1. The first-order valence-electron chi connectivity index (χ1n) is 9.73. The zero-order valence-corrected chi connectivity index (χ0v) is 18.4. The van der Waals surface area contributed by atoms with Crippen LogP contribution in [-0.4, -0.2) is 36.3 Å². The maximum absolute atomic E-state index is 12.8. The maximum atomic E-state index is 12.8. The van der Waals surface area contributed by atoms with Crippen LogP contribution < -0.4 is 10.2 Å². The molecule has 1 aliphatic heterocycles. The van der Waals surface area contributed by atoms with Crippen molar-refractivity contribution in [2.75, 3.05) is 18.4 Å². The molecule has 0 atom stereocenters. The zero-order valence-electron chi connectivity index (χ0n) is 16.8. The van der Waals surface area contributed by atoms with Crippen molar-refractivity contribution in [3.63, 3.8) is 0 Å². The van der Waals surface area contributed by atoms with E-state index in [2.05, 4.69) is 5.32 Å². The van der Waals surface area contributed by atoms with E-state index in [1.54, 1.807) is 48.0 Å². The minimum atomic E-state index is -3.54. The van der Waals surface area contributed by atoms with Gasteiger partial charge in [0.15, 0.2) is 0 Å². The van der Waals surface area contributed by atoms with Crippen LogP contribution in [0.2, 0.25) is 0 Å². The minimum Gasteiger partial charge on any atom is -0.326 e. The van der Waals surface area contributed by atoms with E-state index in [-0.39, 0.29) is 21.6 Å². The van der Waals surface area contributed by atoms with Gasteiger partial charge < -0.3 is 9.88 Å². The summed E-state index contributed by atoms with van der Waals surface area (Å²) in [5, 5.41) is 2.91. The number of carbonyl (C=O) groups is 1. The van der Waals surface area contributed by atoms with Gasteiger partial charge in [0, 0.05) is 31.7 Å². The third kappa shape index (κ3) is 3.92. The van der Waals surface area contributed by atoms with Crippen LogP contribution in [0.5, 0.6) is 0 Å². The predicted molar refractivity (Wildman–Crippen MR) is 118 cm³/mol. The Balaban J connectivity index is 1.41. The molecule has 158 valence electrons. The summed E-state index contributed by atoms with van der Waals surface area (Å²) in [4.78, 5) is 24.7. The number of amides is 1. The van der Waals surface area contributed by atoms with Gasteiger partial charge in [-0.25, -0.2) is 8.42 Å². The molecule has 1 fully saturated rings. The minimum absolute atomic E-state index is 0.0457. The van der Waals surface area contributed by atoms with Crippen LogP contribution in [0.3, 0.4) is 0 Å². The SMILES string of the molecule is Cc1ccc(S(=O)(=O)N2CCC(C(=O)Nc3ccc4c(c3)sc(=O)n4C)CC2)cc1. The van der Waals surface area contributed by atoms with Gasteiger partial charge in [0.05, 0.1) is 15.1 Å². The molecule has 0 bridgehead atoms. The van der Waals surface area contributed by atoms with Crippen molar-refractivity contribution in [2.45, 2.75) is 24.7 Å². The predicted octanol–water partition coefficient (Wildman–Crippen LogP) is 2.95. The highest BCUT2D eigenvalue weighted by Gasteiger charge is 2.32. The fraction of sp³-hybridized carbons (Fsp3) is 0.333. The van der Waals surface area contributed by atoms with Crippen LogP contribution in [0.4, 0.5) is 5.69 Å². The van der Waals surface area contributed by atoms with Crippen LogP contribution in [0, 0.1) is 12.8 Å². The van der Waals surface area contributed by atoms with Crippen molar-refractivity contribution < 1.29 is 13.2 Å². The molecule has 1 aliphatic rings. The number of rotatable bonds is 4. The molecular formula is C21H23N3O4S2. The lowest BCUT2D eigenvalue weighted by Gasteiger charge is -2.30. The normalized spacial score (nSPS) is 16.1. The Kier molecular flexibility index (Phi) is 5.52. The monoisotopic (exact) mass is 445 g/mol. The molecule has 1 N–H and O–H groups in total. The van der Waals surface area contributed by atoms with Crippen molar-refractivity contribution in [1.29, 1.82) is 0 Å². The quantitative estimate of drug-likeness (QED) is 0.669. The number of piperidine rings is 1. The Labute approximate surface area is 179 Å². The third-order valence-corrected chi connectivity index (χ3v) is 8.45. The first-order chi connectivity index (χ1) is 14.3. The van der Waals surface area contributed by atoms with Gasteiger partial charge >= 0.3 is 4.87 Å². The fourth-order valence-electron chi connectivity index (χ4n) is 3.67. The number of aryl methyl sites for hydroxylation is 2. The number of carbonyl (C=O) groups excluding carboxylic acids is 1. The number of anilines is 1. The van der Waals surface area contributed by atoms with E-state index >= 15 is 0 Å². The summed E-state index contributed by atoms with van der Waals surface area (Å²) in [6, 6.07) is 12.2. The second-order valence-corrected chi connectivity index (χ2v) is 10.5. The summed E-state index contributed by atoms with van der Waals surface area (Å²) in [7, 11) is -1.82. The fourth-order valence-corrected chi connectivity index (χ4v) is 6.06. The standard InChI is InChI=1S/C21H23N3O4S2/c1-14-3-6-17(7-4-14)30(27,28)24-11-9-15(10-12-24)20(25)22-16-5-8-18-19(13-16)29-21(26)23(18)2/h3-8,13,15H,9-12H2,1-2H3,(H,22,25). The summed E-state index contributed by atoms with van der Waals surface area (Å²) < 4.78 is 29.5. The third-order valence-electron chi connectivity index (χ3n) is 5.54. The molecule has 0 unspecified atom stereocenters.